The van der Waals surface area contributed by atoms with Gasteiger partial charge in [-0.1, -0.05) is 40.0 Å². The molecular weight excluding hydrogens is 212 g/mol. The molecule has 0 bridgehead atoms. The van der Waals surface area contributed by atoms with Gasteiger partial charge in [-0.3, -0.25) is 4.79 Å². The van der Waals surface area contributed by atoms with Crippen LogP contribution in [0, 0.1) is 5.92 Å². The van der Waals surface area contributed by atoms with Gasteiger partial charge in [0.15, 0.2) is 0 Å². The number of nitrogens with zero attached hydrogens (tertiary/aromatic N) is 1. The summed E-state index contributed by atoms with van der Waals surface area (Å²) in [7, 11) is 0. The molecule has 2 N–H and O–H groups in total. The first kappa shape index (κ1) is 16.4. The van der Waals surface area contributed by atoms with Crippen molar-refractivity contribution in [2.24, 2.45) is 11.7 Å². The third-order valence-corrected chi connectivity index (χ3v) is 3.45. The highest BCUT2D eigenvalue weighted by Gasteiger charge is 2.26. The largest absolute Gasteiger partial charge is 0.339 e. The second kappa shape index (κ2) is 8.51. The van der Waals surface area contributed by atoms with Crippen LogP contribution in [0.4, 0.5) is 0 Å². The Morgan fingerprint density at radius 3 is 2.18 bits per heavy atom. The second-order valence-electron chi connectivity index (χ2n) is 5.24. The van der Waals surface area contributed by atoms with Gasteiger partial charge in [0.05, 0.1) is 6.04 Å². The van der Waals surface area contributed by atoms with Crippen molar-refractivity contribution in [2.75, 3.05) is 6.54 Å². The fraction of sp³-hybridized carbons (Fsp3) is 0.929. The molecule has 3 heteroatoms. The molecule has 0 rings (SSSR count). The van der Waals surface area contributed by atoms with Gasteiger partial charge in [-0.15, -0.1) is 0 Å². The van der Waals surface area contributed by atoms with Gasteiger partial charge >= 0.3 is 0 Å². The lowest BCUT2D eigenvalue weighted by Crippen LogP contribution is -2.49. The van der Waals surface area contributed by atoms with Gasteiger partial charge in [0.25, 0.3) is 0 Å². The molecule has 0 aromatic rings. The van der Waals surface area contributed by atoms with E-state index in [-0.39, 0.29) is 23.9 Å². The molecule has 1 unspecified atom stereocenters. The smallest absolute Gasteiger partial charge is 0.239 e. The Hall–Kier alpha value is -0.570. The van der Waals surface area contributed by atoms with Crippen molar-refractivity contribution >= 4 is 5.91 Å². The number of carbonyl (C=O) groups excluding carboxylic acids is 1. The predicted octanol–water partition coefficient (Wildman–Crippen LogP) is 2.79. The Labute approximate surface area is 107 Å². The van der Waals surface area contributed by atoms with Crippen LogP contribution < -0.4 is 5.73 Å². The van der Waals surface area contributed by atoms with Crippen molar-refractivity contribution in [1.82, 2.24) is 4.90 Å². The minimum Gasteiger partial charge on any atom is -0.339 e. The molecule has 1 amide bonds. The molecule has 17 heavy (non-hydrogen) atoms. The summed E-state index contributed by atoms with van der Waals surface area (Å²) in [5.41, 5.74) is 6.02. The molecule has 0 aromatic heterocycles. The van der Waals surface area contributed by atoms with E-state index in [0.717, 1.165) is 19.4 Å². The SMILES string of the molecule is CCCCCN(C(=O)[C@@H](N)C(C)CC)C(C)C. The zero-order valence-electron chi connectivity index (χ0n) is 12.2. The van der Waals surface area contributed by atoms with Crippen molar-refractivity contribution in [2.45, 2.75) is 72.4 Å². The third kappa shape index (κ3) is 5.53. The van der Waals surface area contributed by atoms with Crippen LogP contribution in [0.5, 0.6) is 0 Å². The van der Waals surface area contributed by atoms with E-state index in [2.05, 4.69) is 27.7 Å². The molecule has 0 saturated heterocycles. The Bertz CT molecular complexity index is 216. The van der Waals surface area contributed by atoms with Crippen LogP contribution >= 0.6 is 0 Å². The van der Waals surface area contributed by atoms with Crippen LogP contribution in [0.2, 0.25) is 0 Å². The summed E-state index contributed by atoms with van der Waals surface area (Å²) in [5, 5.41) is 0. The van der Waals surface area contributed by atoms with Crippen molar-refractivity contribution in [1.29, 1.82) is 0 Å². The third-order valence-electron chi connectivity index (χ3n) is 3.45. The molecule has 0 fully saturated rings. The Morgan fingerprint density at radius 1 is 1.18 bits per heavy atom. The Balaban J connectivity index is 4.43. The summed E-state index contributed by atoms with van der Waals surface area (Å²) in [5.74, 6) is 0.375. The monoisotopic (exact) mass is 242 g/mol. The van der Waals surface area contributed by atoms with Crippen molar-refractivity contribution in [3.05, 3.63) is 0 Å². The quantitative estimate of drug-likeness (QED) is 0.665. The molecular formula is C14H30N2O. The fourth-order valence-electron chi connectivity index (χ4n) is 1.84. The van der Waals surface area contributed by atoms with Crippen molar-refractivity contribution < 1.29 is 4.79 Å². The zero-order chi connectivity index (χ0) is 13.4. The van der Waals surface area contributed by atoms with Crippen LogP contribution in [0.15, 0.2) is 0 Å². The maximum absolute atomic E-state index is 12.3. The lowest BCUT2D eigenvalue weighted by atomic mass is 9.98. The molecule has 0 aromatic carbocycles. The van der Waals surface area contributed by atoms with Gasteiger partial charge in [0.2, 0.25) is 5.91 Å². The number of amides is 1. The first-order chi connectivity index (χ1) is 7.95. The maximum Gasteiger partial charge on any atom is 0.239 e. The summed E-state index contributed by atoms with van der Waals surface area (Å²) in [6.07, 6.45) is 4.38. The molecule has 0 heterocycles. The molecule has 0 aliphatic heterocycles. The second-order valence-corrected chi connectivity index (χ2v) is 5.24. The maximum atomic E-state index is 12.3. The normalized spacial score (nSPS) is 14.8. The van der Waals surface area contributed by atoms with Crippen molar-refractivity contribution in [3.8, 4) is 0 Å². The minimum absolute atomic E-state index is 0.116. The predicted molar refractivity (Wildman–Crippen MR) is 73.8 cm³/mol. The first-order valence-electron chi connectivity index (χ1n) is 7.01. The lowest BCUT2D eigenvalue weighted by Gasteiger charge is -2.31. The number of carbonyl (C=O) groups is 1. The fourth-order valence-corrected chi connectivity index (χ4v) is 1.84. The van der Waals surface area contributed by atoms with Crippen LogP contribution in [0.1, 0.15) is 60.3 Å². The standard InChI is InChI=1S/C14H30N2O/c1-6-8-9-10-16(11(3)4)14(17)13(15)12(5)7-2/h11-13H,6-10,15H2,1-5H3/t12?,13-/m0/s1. The molecule has 0 aliphatic rings. The average Bonchev–Trinajstić information content (AvgIpc) is 2.31. The Morgan fingerprint density at radius 2 is 1.76 bits per heavy atom. The molecule has 0 radical (unpaired) electrons. The number of hydrogen-bond donors (Lipinski definition) is 1. The molecule has 2 atom stereocenters. The van der Waals surface area contributed by atoms with Crippen LogP contribution in [-0.4, -0.2) is 29.4 Å². The van der Waals surface area contributed by atoms with E-state index in [1.54, 1.807) is 0 Å². The van der Waals surface area contributed by atoms with Crippen LogP contribution in [-0.2, 0) is 4.79 Å². The molecule has 0 spiro atoms. The minimum atomic E-state index is -0.343. The molecule has 3 nitrogen and oxygen atoms in total. The zero-order valence-corrected chi connectivity index (χ0v) is 12.2. The summed E-state index contributed by atoms with van der Waals surface area (Å²) in [4.78, 5) is 14.2. The molecule has 102 valence electrons. The number of nitrogens with two attached hydrogens (primary N) is 1. The van der Waals surface area contributed by atoms with E-state index in [1.165, 1.54) is 12.8 Å². The highest BCUT2D eigenvalue weighted by atomic mass is 16.2. The molecule has 0 saturated carbocycles. The number of hydrogen-bond acceptors (Lipinski definition) is 2. The van der Waals surface area contributed by atoms with E-state index in [0.29, 0.717) is 0 Å². The van der Waals surface area contributed by atoms with Crippen molar-refractivity contribution in [3.63, 3.8) is 0 Å². The van der Waals surface area contributed by atoms with E-state index < -0.39 is 0 Å². The topological polar surface area (TPSA) is 46.3 Å². The summed E-state index contributed by atoms with van der Waals surface area (Å²) in [6.45, 7) is 11.3. The van der Waals surface area contributed by atoms with Gasteiger partial charge in [0, 0.05) is 12.6 Å². The van der Waals surface area contributed by atoms with Crippen LogP contribution in [0.25, 0.3) is 0 Å². The number of unbranched alkanes of at least 4 members (excludes halogenated alkanes) is 2. The van der Waals surface area contributed by atoms with Gasteiger partial charge in [-0.05, 0) is 26.2 Å². The average molecular weight is 242 g/mol. The molecule has 0 aliphatic carbocycles. The summed E-state index contributed by atoms with van der Waals surface area (Å²) < 4.78 is 0. The van der Waals surface area contributed by atoms with Crippen LogP contribution in [0.3, 0.4) is 0 Å². The van der Waals surface area contributed by atoms with E-state index in [4.69, 9.17) is 5.73 Å². The van der Waals surface area contributed by atoms with Gasteiger partial charge in [-0.25, -0.2) is 0 Å². The highest BCUT2D eigenvalue weighted by Crippen LogP contribution is 2.12. The lowest BCUT2D eigenvalue weighted by molar-refractivity contribution is -0.135. The summed E-state index contributed by atoms with van der Waals surface area (Å²) >= 11 is 0. The van der Waals surface area contributed by atoms with E-state index >= 15 is 0 Å². The number of rotatable bonds is 8. The van der Waals surface area contributed by atoms with Gasteiger partial charge < -0.3 is 10.6 Å². The summed E-state index contributed by atoms with van der Waals surface area (Å²) in [6, 6.07) is -0.0986. The van der Waals surface area contributed by atoms with Gasteiger partial charge in [0.1, 0.15) is 0 Å². The van der Waals surface area contributed by atoms with E-state index in [9.17, 15) is 4.79 Å². The van der Waals surface area contributed by atoms with Gasteiger partial charge in [-0.2, -0.15) is 0 Å². The Kier molecular flexibility index (Phi) is 8.23. The first-order valence-corrected chi connectivity index (χ1v) is 7.01. The highest BCUT2D eigenvalue weighted by molar-refractivity contribution is 5.82. The van der Waals surface area contributed by atoms with E-state index in [1.807, 2.05) is 11.8 Å².